The number of piperidine rings is 1. The van der Waals surface area contributed by atoms with Crippen LogP contribution in [0.3, 0.4) is 0 Å². The van der Waals surface area contributed by atoms with E-state index in [2.05, 4.69) is 6.07 Å². The van der Waals surface area contributed by atoms with Gasteiger partial charge < -0.3 is 14.4 Å². The smallest absolute Gasteiger partial charge is 0.410 e. The summed E-state index contributed by atoms with van der Waals surface area (Å²) in [7, 11) is 0. The molecule has 1 fully saturated rings. The summed E-state index contributed by atoms with van der Waals surface area (Å²) in [4.78, 5) is 13.8. The lowest BCUT2D eigenvalue weighted by molar-refractivity contribution is 0.00776. The van der Waals surface area contributed by atoms with E-state index in [9.17, 15) is 4.79 Å². The van der Waals surface area contributed by atoms with Crippen LogP contribution in [0, 0.1) is 11.3 Å². The lowest BCUT2D eigenvalue weighted by atomic mass is 10.1. The van der Waals surface area contributed by atoms with Crippen molar-refractivity contribution in [1.82, 2.24) is 4.90 Å². The second-order valence-electron chi connectivity index (χ2n) is 6.44. The monoisotopic (exact) mass is 302 g/mol. The van der Waals surface area contributed by atoms with Crippen LogP contribution in [0.5, 0.6) is 5.75 Å². The van der Waals surface area contributed by atoms with Crippen molar-refractivity contribution in [2.45, 2.75) is 45.3 Å². The fraction of sp³-hybridized carbons (Fsp3) is 0.529. The topological polar surface area (TPSA) is 62.6 Å². The number of hydrogen-bond donors (Lipinski definition) is 0. The van der Waals surface area contributed by atoms with Crippen molar-refractivity contribution in [3.05, 3.63) is 29.8 Å². The Hall–Kier alpha value is -2.22. The fourth-order valence-corrected chi connectivity index (χ4v) is 2.33. The van der Waals surface area contributed by atoms with Crippen LogP contribution in [0.1, 0.15) is 39.2 Å². The van der Waals surface area contributed by atoms with E-state index in [-0.39, 0.29) is 12.2 Å². The third kappa shape index (κ3) is 4.66. The molecule has 0 aliphatic carbocycles. The minimum absolute atomic E-state index is 0.0470. The van der Waals surface area contributed by atoms with Crippen molar-refractivity contribution in [1.29, 1.82) is 5.26 Å². The molecule has 118 valence electrons. The molecule has 22 heavy (non-hydrogen) atoms. The molecule has 1 aromatic rings. The minimum Gasteiger partial charge on any atom is -0.489 e. The van der Waals surface area contributed by atoms with Gasteiger partial charge in [0, 0.05) is 6.54 Å². The Morgan fingerprint density at radius 1 is 1.32 bits per heavy atom. The molecule has 0 aromatic heterocycles. The van der Waals surface area contributed by atoms with Crippen molar-refractivity contribution in [2.75, 3.05) is 13.1 Å². The Morgan fingerprint density at radius 2 is 2.00 bits per heavy atom. The van der Waals surface area contributed by atoms with Gasteiger partial charge in [-0.15, -0.1) is 0 Å². The summed E-state index contributed by atoms with van der Waals surface area (Å²) >= 11 is 0. The first-order valence-electron chi connectivity index (χ1n) is 7.52. The second kappa shape index (κ2) is 6.69. The van der Waals surface area contributed by atoms with Crippen molar-refractivity contribution in [2.24, 2.45) is 0 Å². The number of hydrogen-bond acceptors (Lipinski definition) is 4. The van der Waals surface area contributed by atoms with Crippen LogP contribution >= 0.6 is 0 Å². The molecule has 1 amide bonds. The maximum Gasteiger partial charge on any atom is 0.410 e. The average molecular weight is 302 g/mol. The third-order valence-corrected chi connectivity index (χ3v) is 3.32. The van der Waals surface area contributed by atoms with Gasteiger partial charge in [0.15, 0.2) is 0 Å². The van der Waals surface area contributed by atoms with E-state index in [4.69, 9.17) is 14.7 Å². The standard InChI is InChI=1S/C17H22N2O3/c1-17(2,3)22-16(20)19-10-4-5-15(12-19)21-14-8-6-13(11-18)7-9-14/h6-9,15H,4-5,10,12H2,1-3H3. The summed E-state index contributed by atoms with van der Waals surface area (Å²) < 4.78 is 11.3. The van der Waals surface area contributed by atoms with Gasteiger partial charge in [0.2, 0.25) is 0 Å². The number of carbonyl (C=O) groups excluding carboxylic acids is 1. The fourth-order valence-electron chi connectivity index (χ4n) is 2.33. The molecule has 1 atom stereocenters. The maximum absolute atomic E-state index is 12.1. The van der Waals surface area contributed by atoms with E-state index in [1.54, 1.807) is 29.2 Å². The molecule has 0 spiro atoms. The summed E-state index contributed by atoms with van der Waals surface area (Å²) in [5.41, 5.74) is 0.115. The summed E-state index contributed by atoms with van der Waals surface area (Å²) in [6, 6.07) is 9.09. The van der Waals surface area contributed by atoms with Crippen molar-refractivity contribution >= 4 is 6.09 Å². The highest BCUT2D eigenvalue weighted by atomic mass is 16.6. The van der Waals surface area contributed by atoms with E-state index in [0.29, 0.717) is 18.7 Å². The van der Waals surface area contributed by atoms with Gasteiger partial charge in [-0.1, -0.05) is 0 Å². The molecule has 1 heterocycles. The van der Waals surface area contributed by atoms with Gasteiger partial charge in [-0.2, -0.15) is 5.26 Å². The number of ether oxygens (including phenoxy) is 2. The van der Waals surface area contributed by atoms with Gasteiger partial charge >= 0.3 is 6.09 Å². The zero-order valence-corrected chi connectivity index (χ0v) is 13.3. The molecule has 1 aromatic carbocycles. The molecular formula is C17H22N2O3. The highest BCUT2D eigenvalue weighted by molar-refractivity contribution is 5.68. The lowest BCUT2D eigenvalue weighted by Gasteiger charge is -2.34. The molecule has 2 rings (SSSR count). The molecule has 0 bridgehead atoms. The average Bonchev–Trinajstić information content (AvgIpc) is 2.46. The van der Waals surface area contributed by atoms with Crippen LogP contribution in [0.25, 0.3) is 0 Å². The third-order valence-electron chi connectivity index (χ3n) is 3.32. The number of likely N-dealkylation sites (tertiary alicyclic amines) is 1. The van der Waals surface area contributed by atoms with E-state index >= 15 is 0 Å². The predicted octanol–water partition coefficient (Wildman–Crippen LogP) is 3.34. The van der Waals surface area contributed by atoms with Gasteiger partial charge in [-0.3, -0.25) is 0 Å². The number of amides is 1. The van der Waals surface area contributed by atoms with Crippen molar-refractivity contribution in [3.8, 4) is 11.8 Å². The van der Waals surface area contributed by atoms with Crippen molar-refractivity contribution in [3.63, 3.8) is 0 Å². The number of nitrogens with zero attached hydrogens (tertiary/aromatic N) is 2. The van der Waals surface area contributed by atoms with Gasteiger partial charge in [0.25, 0.3) is 0 Å². The molecular weight excluding hydrogens is 280 g/mol. The quantitative estimate of drug-likeness (QED) is 0.840. The van der Waals surface area contributed by atoms with Gasteiger partial charge in [0.1, 0.15) is 17.5 Å². The normalized spacial score (nSPS) is 18.5. The van der Waals surface area contributed by atoms with Crippen LogP contribution in [0.2, 0.25) is 0 Å². The molecule has 1 aliphatic rings. The number of rotatable bonds is 2. The number of benzene rings is 1. The summed E-state index contributed by atoms with van der Waals surface area (Å²) in [5.74, 6) is 0.718. The Labute approximate surface area is 131 Å². The maximum atomic E-state index is 12.1. The Bertz CT molecular complexity index is 555. The number of carbonyl (C=O) groups is 1. The Morgan fingerprint density at radius 3 is 2.59 bits per heavy atom. The SMILES string of the molecule is CC(C)(C)OC(=O)N1CCCC(Oc2ccc(C#N)cc2)C1. The highest BCUT2D eigenvalue weighted by Gasteiger charge is 2.28. The van der Waals surface area contributed by atoms with Gasteiger partial charge in [-0.25, -0.2) is 4.79 Å². The minimum atomic E-state index is -0.488. The van der Waals surface area contributed by atoms with E-state index in [1.807, 2.05) is 20.8 Å². The molecule has 1 saturated heterocycles. The zero-order valence-electron chi connectivity index (χ0n) is 13.3. The highest BCUT2D eigenvalue weighted by Crippen LogP contribution is 2.20. The largest absolute Gasteiger partial charge is 0.489 e. The predicted molar refractivity (Wildman–Crippen MR) is 82.6 cm³/mol. The Kier molecular flexibility index (Phi) is 4.92. The molecule has 5 nitrogen and oxygen atoms in total. The Balaban J connectivity index is 1.92. The summed E-state index contributed by atoms with van der Waals surface area (Å²) in [5, 5.41) is 8.79. The molecule has 0 saturated carbocycles. The molecule has 1 unspecified atom stereocenters. The van der Waals surface area contributed by atoms with Crippen LogP contribution in [-0.2, 0) is 4.74 Å². The lowest BCUT2D eigenvalue weighted by Crippen LogP contribution is -2.46. The molecule has 0 N–H and O–H groups in total. The second-order valence-corrected chi connectivity index (χ2v) is 6.44. The van der Waals surface area contributed by atoms with Crippen LogP contribution < -0.4 is 4.74 Å². The van der Waals surface area contributed by atoms with Crippen molar-refractivity contribution < 1.29 is 14.3 Å². The molecule has 0 radical (unpaired) electrons. The summed E-state index contributed by atoms with van der Waals surface area (Å²) in [6.07, 6.45) is 1.45. The molecule has 5 heteroatoms. The zero-order chi connectivity index (χ0) is 16.2. The number of nitriles is 1. The summed E-state index contributed by atoms with van der Waals surface area (Å²) in [6.45, 7) is 6.80. The first kappa shape index (κ1) is 16.2. The molecule has 1 aliphatic heterocycles. The van der Waals surface area contributed by atoms with E-state index < -0.39 is 5.60 Å². The first-order valence-corrected chi connectivity index (χ1v) is 7.52. The van der Waals surface area contributed by atoms with Crippen LogP contribution in [0.15, 0.2) is 24.3 Å². The van der Waals surface area contributed by atoms with E-state index in [1.165, 1.54) is 0 Å². The van der Waals surface area contributed by atoms with E-state index in [0.717, 1.165) is 18.6 Å². The first-order chi connectivity index (χ1) is 10.4. The van der Waals surface area contributed by atoms with Gasteiger partial charge in [0.05, 0.1) is 18.2 Å². The van der Waals surface area contributed by atoms with Gasteiger partial charge in [-0.05, 0) is 57.9 Å². The van der Waals surface area contributed by atoms with Crippen LogP contribution in [-0.4, -0.2) is 35.8 Å². The van der Waals surface area contributed by atoms with Crippen LogP contribution in [0.4, 0.5) is 4.79 Å².